The maximum absolute atomic E-state index is 15.2. The molecule has 4 aliphatic rings. The van der Waals surface area contributed by atoms with E-state index in [9.17, 15) is 53.1 Å². The summed E-state index contributed by atoms with van der Waals surface area (Å²) in [7, 11) is 4.17. The molecule has 534 valence electrons. The summed E-state index contributed by atoms with van der Waals surface area (Å²) >= 11 is 0. The van der Waals surface area contributed by atoms with Crippen LogP contribution in [-0.2, 0) is 87.8 Å². The van der Waals surface area contributed by atoms with Crippen molar-refractivity contribution in [1.82, 2.24) is 46.2 Å². The Bertz CT molecular complexity index is 3000. The SMILES string of the molecule is CC[C@H](C)[C@@H]1NC(=O)[C@@H](NC(=O)[C@@H](CC(C)C)N(C)C(=O)C2CCCN2C(=O)C(C)OC(=O)C(CCC(N)=O)NC(=O)C2CCC(=O)N2)[C@@H](C)OC(=O)[C@H](Cc2ccc(OC)cc2)N(C)C(=O)[C@@H]2CCCN2C(=O)[C@H](CC(C)C)NC(=O)[C@@H](C)C(=O)[C@H](C(C)C)OC(=O)C[C@@H]1O. The molecule has 96 heavy (non-hydrogen) atoms. The molecule has 15 atom stereocenters. The number of nitrogens with one attached hydrogen (secondary N) is 5. The Morgan fingerprint density at radius 3 is 2.07 bits per heavy atom. The molecule has 10 amide bonds. The first kappa shape index (κ1) is 78.5. The second-order valence-electron chi connectivity index (χ2n) is 27.1. The number of ketones is 1. The number of esters is 3. The van der Waals surface area contributed by atoms with Gasteiger partial charge in [-0.2, -0.15) is 0 Å². The van der Waals surface area contributed by atoms with Gasteiger partial charge in [-0.15, -0.1) is 0 Å². The van der Waals surface area contributed by atoms with E-state index in [0.29, 0.717) is 30.6 Å². The second-order valence-corrected chi connectivity index (χ2v) is 27.1. The standard InChI is InChI=1S/C67H102N10O19/c1-15-37(8)54-50(78)33-53(81)96-57(36(6)7)56(82)38(9)58(83)71-45(30-34(2)3)63(88)77-29-17-19-47(77)65(90)75(13)49(32-41-20-22-42(93-14)23-21-41)67(92)94-39(10)55(61(86)72-54)73-60(85)48(31-35(4)5)74(12)64(89)46-18-16-28-76(46)62(87)40(11)95-66(91)44(24-26-51(68)79)70-59(84)43-25-27-52(80)69-43/h20-23,34-40,43-50,54-55,57,78H,15-19,24-33H2,1-14H3,(H2,68,79)(H,69,80)(H,70,84)(H,71,83)(H,72,86)(H,73,85)/t37-,38-,39+,40?,43?,44?,45-,46?,47-,48+,49-,50-,54-,55-,57-/m0/s1. The summed E-state index contributed by atoms with van der Waals surface area (Å²) in [5, 5.41) is 25.2. The zero-order valence-corrected chi connectivity index (χ0v) is 58.0. The van der Waals surface area contributed by atoms with Crippen molar-refractivity contribution in [3.63, 3.8) is 0 Å². The van der Waals surface area contributed by atoms with E-state index >= 15 is 19.2 Å². The van der Waals surface area contributed by atoms with Gasteiger partial charge in [0.05, 0.1) is 31.6 Å². The minimum Gasteiger partial charge on any atom is -0.497 e. The molecule has 4 heterocycles. The highest BCUT2D eigenvalue weighted by atomic mass is 16.6. The summed E-state index contributed by atoms with van der Waals surface area (Å²) in [6, 6.07) is -5.39. The summed E-state index contributed by atoms with van der Waals surface area (Å²) in [6.45, 7) is 17.8. The number of rotatable bonds is 22. The zero-order chi connectivity index (χ0) is 71.7. The monoisotopic (exact) mass is 1350 g/mol. The quantitative estimate of drug-likeness (QED) is 0.0482. The number of cyclic esters (lactones) is 2. The number of Topliss-reactive ketones (excluding diaryl/α,β-unsaturated/α-hetero) is 1. The fourth-order valence-corrected chi connectivity index (χ4v) is 12.4. The Hall–Kier alpha value is -8.24. The molecule has 0 radical (unpaired) electrons. The van der Waals surface area contributed by atoms with E-state index < -0.39 is 180 Å². The van der Waals surface area contributed by atoms with Crippen molar-refractivity contribution in [3.8, 4) is 5.75 Å². The van der Waals surface area contributed by atoms with Gasteiger partial charge in [-0.25, -0.2) is 9.59 Å². The average molecular weight is 1350 g/mol. The number of likely N-dealkylation sites (N-methyl/N-ethyl adjacent to an activating group) is 2. The predicted octanol–water partition coefficient (Wildman–Crippen LogP) is 0.896. The minimum atomic E-state index is -1.86. The van der Waals surface area contributed by atoms with Gasteiger partial charge in [-0.1, -0.05) is 73.9 Å². The second kappa shape index (κ2) is 35.7. The van der Waals surface area contributed by atoms with E-state index in [2.05, 4.69) is 26.6 Å². The third-order valence-corrected chi connectivity index (χ3v) is 18.4. The van der Waals surface area contributed by atoms with Crippen molar-refractivity contribution in [2.75, 3.05) is 34.3 Å². The van der Waals surface area contributed by atoms with Crippen LogP contribution in [0.4, 0.5) is 0 Å². The number of nitrogens with two attached hydrogens (primary N) is 1. The molecule has 0 spiro atoms. The summed E-state index contributed by atoms with van der Waals surface area (Å²) in [6.07, 6.45) is -6.48. The Balaban J connectivity index is 1.54. The first-order valence-electron chi connectivity index (χ1n) is 33.5. The molecule has 0 saturated carbocycles. The highest BCUT2D eigenvalue weighted by Crippen LogP contribution is 2.28. The number of hydrogen-bond acceptors (Lipinski definition) is 19. The molecule has 29 heteroatoms. The van der Waals surface area contributed by atoms with Crippen molar-refractivity contribution in [3.05, 3.63) is 29.8 Å². The topological polar surface area (TPSA) is 395 Å². The van der Waals surface area contributed by atoms with Crippen LogP contribution in [0.25, 0.3) is 0 Å². The first-order valence-corrected chi connectivity index (χ1v) is 33.5. The average Bonchev–Trinajstić information content (AvgIpc) is 1.60. The van der Waals surface area contributed by atoms with Crippen LogP contribution < -0.4 is 37.1 Å². The summed E-state index contributed by atoms with van der Waals surface area (Å²) < 4.78 is 22.9. The third-order valence-electron chi connectivity index (χ3n) is 18.4. The molecule has 0 aliphatic carbocycles. The Morgan fingerprint density at radius 2 is 1.49 bits per heavy atom. The smallest absolute Gasteiger partial charge is 0.329 e. The van der Waals surface area contributed by atoms with Crippen molar-refractivity contribution >= 4 is 82.8 Å². The molecule has 0 aromatic heterocycles. The zero-order valence-electron chi connectivity index (χ0n) is 58.0. The number of hydrogen-bond donors (Lipinski definition) is 7. The number of nitrogens with zero attached hydrogens (tertiary/aromatic N) is 4. The normalized spacial score (nSPS) is 26.6. The first-order chi connectivity index (χ1) is 45.1. The lowest BCUT2D eigenvalue weighted by Gasteiger charge is -2.36. The molecule has 4 saturated heterocycles. The number of benzene rings is 1. The molecule has 29 nitrogen and oxygen atoms in total. The van der Waals surface area contributed by atoms with Gasteiger partial charge in [0.15, 0.2) is 18.0 Å². The maximum Gasteiger partial charge on any atom is 0.329 e. The Morgan fingerprint density at radius 1 is 0.833 bits per heavy atom. The summed E-state index contributed by atoms with van der Waals surface area (Å²) in [5.74, 6) is -14.2. The van der Waals surface area contributed by atoms with Crippen LogP contribution in [-0.4, -0.2) is 221 Å². The number of fused-ring (bicyclic) bond motifs is 1. The Kier molecular flexibility index (Phi) is 29.1. The van der Waals surface area contributed by atoms with Gasteiger partial charge < -0.3 is 76.0 Å². The van der Waals surface area contributed by atoms with E-state index in [1.54, 1.807) is 65.8 Å². The highest BCUT2D eigenvalue weighted by molar-refractivity contribution is 6.05. The molecule has 1 aromatic rings. The van der Waals surface area contributed by atoms with Gasteiger partial charge in [0.1, 0.15) is 60.2 Å². The number of carbonyl (C=O) groups is 14. The van der Waals surface area contributed by atoms with Crippen LogP contribution in [0.3, 0.4) is 0 Å². The van der Waals surface area contributed by atoms with E-state index in [1.807, 2.05) is 13.8 Å². The molecule has 5 rings (SSSR count). The van der Waals surface area contributed by atoms with Crippen LogP contribution in [0.5, 0.6) is 5.75 Å². The number of methoxy groups -OCH3 is 1. The van der Waals surface area contributed by atoms with Crippen molar-refractivity contribution in [2.45, 2.75) is 238 Å². The number of aliphatic hydroxyl groups excluding tert-OH is 1. The van der Waals surface area contributed by atoms with Crippen LogP contribution in [0.2, 0.25) is 0 Å². The molecule has 4 unspecified atom stereocenters. The molecular formula is C67H102N10O19. The fraction of sp³-hybridized carbons (Fsp3) is 0.701. The highest BCUT2D eigenvalue weighted by Gasteiger charge is 2.47. The van der Waals surface area contributed by atoms with Crippen molar-refractivity contribution in [2.24, 2.45) is 35.3 Å². The van der Waals surface area contributed by atoms with Gasteiger partial charge in [-0.05, 0) is 114 Å². The molecule has 4 aliphatic heterocycles. The van der Waals surface area contributed by atoms with E-state index in [1.165, 1.54) is 51.8 Å². The van der Waals surface area contributed by atoms with Gasteiger partial charge >= 0.3 is 17.9 Å². The number of ether oxygens (including phenoxy) is 4. The summed E-state index contributed by atoms with van der Waals surface area (Å²) in [4.78, 5) is 202. The van der Waals surface area contributed by atoms with E-state index in [0.717, 1.165) is 9.80 Å². The molecule has 1 aromatic carbocycles. The summed E-state index contributed by atoms with van der Waals surface area (Å²) in [5.41, 5.74) is 5.88. The lowest BCUT2D eigenvalue weighted by molar-refractivity contribution is -0.163. The molecule has 8 N–H and O–H groups in total. The fourth-order valence-electron chi connectivity index (χ4n) is 12.4. The van der Waals surface area contributed by atoms with E-state index in [4.69, 9.17) is 24.7 Å². The largest absolute Gasteiger partial charge is 0.497 e. The molecule has 0 bridgehead atoms. The van der Waals surface area contributed by atoms with Gasteiger partial charge in [0.25, 0.3) is 5.91 Å². The van der Waals surface area contributed by atoms with Gasteiger partial charge in [0.2, 0.25) is 53.2 Å². The van der Waals surface area contributed by atoms with Gasteiger partial charge in [0, 0.05) is 46.4 Å². The molecule has 4 fully saturated rings. The minimum absolute atomic E-state index is 0.0193. The van der Waals surface area contributed by atoms with Crippen molar-refractivity contribution < 1.29 is 91.2 Å². The number of amides is 10. The van der Waals surface area contributed by atoms with Gasteiger partial charge in [-0.3, -0.25) is 57.5 Å². The number of likely N-dealkylation sites (tertiary alicyclic amines) is 1. The van der Waals surface area contributed by atoms with Crippen molar-refractivity contribution in [1.29, 1.82) is 0 Å². The number of carbonyl (C=O) groups excluding carboxylic acids is 14. The van der Waals surface area contributed by atoms with Crippen LogP contribution in [0.1, 0.15) is 159 Å². The Labute approximate surface area is 561 Å². The predicted molar refractivity (Wildman–Crippen MR) is 346 cm³/mol. The lowest BCUT2D eigenvalue weighted by Crippen LogP contribution is -2.62. The third kappa shape index (κ3) is 20.9. The van der Waals surface area contributed by atoms with Crippen LogP contribution >= 0.6 is 0 Å². The van der Waals surface area contributed by atoms with Crippen LogP contribution in [0.15, 0.2) is 24.3 Å². The number of primary amides is 1. The van der Waals surface area contributed by atoms with E-state index in [-0.39, 0.29) is 88.6 Å². The van der Waals surface area contributed by atoms with Crippen LogP contribution in [0, 0.1) is 29.6 Å². The number of aliphatic hydroxyl groups is 1. The maximum atomic E-state index is 15.2. The molecular weight excluding hydrogens is 1250 g/mol. The lowest BCUT2D eigenvalue weighted by atomic mass is 9.91.